The summed E-state index contributed by atoms with van der Waals surface area (Å²) in [5, 5.41) is 3.44. The summed E-state index contributed by atoms with van der Waals surface area (Å²) in [7, 11) is 0. The van der Waals surface area contributed by atoms with Crippen LogP contribution in [-0.2, 0) is 6.54 Å². The molecule has 1 N–H and O–H groups in total. The summed E-state index contributed by atoms with van der Waals surface area (Å²) in [6.45, 7) is 2.93. The number of fused-ring (bicyclic) bond motifs is 1. The van der Waals surface area contributed by atoms with Crippen LogP contribution in [0, 0.1) is 6.92 Å². The number of anilines is 1. The van der Waals surface area contributed by atoms with Crippen LogP contribution in [-0.4, -0.2) is 22.9 Å². The molecule has 4 heteroatoms. The molecular weight excluding hydrogens is 289 g/mol. The second-order valence-electron chi connectivity index (χ2n) is 4.28. The number of hydrogen-bond donors (Lipinski definition) is 1. The fourth-order valence-electron chi connectivity index (χ4n) is 1.97. The predicted molar refractivity (Wildman–Crippen MR) is 75.0 cm³/mol. The molecule has 3 nitrogen and oxygen atoms in total. The van der Waals surface area contributed by atoms with E-state index in [1.807, 2.05) is 12.1 Å². The van der Waals surface area contributed by atoms with Crippen molar-refractivity contribution in [1.29, 1.82) is 0 Å². The van der Waals surface area contributed by atoms with E-state index in [4.69, 9.17) is 0 Å². The van der Waals surface area contributed by atoms with Crippen LogP contribution < -0.4 is 5.32 Å². The summed E-state index contributed by atoms with van der Waals surface area (Å²) in [6, 6.07) is 14.6. The quantitative estimate of drug-likeness (QED) is 0.756. The Hall–Kier alpha value is -1.64. The minimum atomic E-state index is 0.0312. The fourth-order valence-corrected chi connectivity index (χ4v) is 3.12. The molecule has 0 amide bonds. The van der Waals surface area contributed by atoms with Gasteiger partial charge in [0.05, 0.1) is 0 Å². The van der Waals surface area contributed by atoms with Gasteiger partial charge < -0.3 is 0 Å². The van der Waals surface area contributed by atoms with Gasteiger partial charge in [-0.15, -0.1) is 0 Å². The molecule has 0 aliphatic carbocycles. The van der Waals surface area contributed by atoms with Crippen molar-refractivity contribution in [1.82, 2.24) is 7.96 Å². The van der Waals surface area contributed by atoms with Gasteiger partial charge in [0.25, 0.3) is 0 Å². The molecule has 0 fully saturated rings. The molecule has 3 aromatic rings. The molecule has 18 heavy (non-hydrogen) atoms. The molecular formula is C14H13N3Se. The summed E-state index contributed by atoms with van der Waals surface area (Å²) in [5.41, 5.74) is 5.69. The second kappa shape index (κ2) is 4.92. The van der Waals surface area contributed by atoms with Gasteiger partial charge in [-0.05, 0) is 0 Å². The predicted octanol–water partition coefficient (Wildman–Crippen LogP) is 2.61. The average molecular weight is 302 g/mol. The summed E-state index contributed by atoms with van der Waals surface area (Å²) >= 11 is 0.0312. The maximum absolute atomic E-state index is 4.46. The first-order valence-electron chi connectivity index (χ1n) is 5.83. The summed E-state index contributed by atoms with van der Waals surface area (Å²) in [5.74, 6) is 0. The van der Waals surface area contributed by atoms with E-state index in [1.54, 1.807) is 0 Å². The van der Waals surface area contributed by atoms with Gasteiger partial charge in [0.15, 0.2) is 0 Å². The summed E-state index contributed by atoms with van der Waals surface area (Å²) in [4.78, 5) is 0. The van der Waals surface area contributed by atoms with E-state index in [2.05, 4.69) is 50.5 Å². The molecule has 0 bridgehead atoms. The Morgan fingerprint density at radius 1 is 1.11 bits per heavy atom. The van der Waals surface area contributed by atoms with Crippen molar-refractivity contribution < 1.29 is 0 Å². The van der Waals surface area contributed by atoms with Crippen molar-refractivity contribution in [3.8, 4) is 0 Å². The van der Waals surface area contributed by atoms with Gasteiger partial charge in [-0.1, -0.05) is 0 Å². The maximum atomic E-state index is 4.46. The Balaban J connectivity index is 1.83. The number of nitrogens with zero attached hydrogens (tertiary/aromatic N) is 2. The molecule has 90 valence electrons. The standard InChI is InChI=1S/C14H13N3Se/c1-10-4-2-5-11(8-10)9-15-12-6-3-7-13-14(12)17-18-16-13/h2-8,15H,9H2,1H3. The van der Waals surface area contributed by atoms with Gasteiger partial charge in [0.2, 0.25) is 0 Å². The van der Waals surface area contributed by atoms with Crippen molar-refractivity contribution in [2.45, 2.75) is 13.5 Å². The first-order chi connectivity index (χ1) is 8.83. The first kappa shape index (κ1) is 11.4. The Labute approximate surface area is 112 Å². The van der Waals surface area contributed by atoms with Gasteiger partial charge >= 0.3 is 112 Å². The number of hydrogen-bond acceptors (Lipinski definition) is 3. The van der Waals surface area contributed by atoms with E-state index in [1.165, 1.54) is 11.1 Å². The van der Waals surface area contributed by atoms with Gasteiger partial charge in [-0.3, -0.25) is 0 Å². The van der Waals surface area contributed by atoms with E-state index >= 15 is 0 Å². The number of aromatic nitrogens is 2. The van der Waals surface area contributed by atoms with Crippen molar-refractivity contribution >= 4 is 31.7 Å². The number of benzene rings is 2. The molecule has 0 radical (unpaired) electrons. The van der Waals surface area contributed by atoms with Crippen molar-refractivity contribution in [2.24, 2.45) is 0 Å². The van der Waals surface area contributed by atoms with E-state index < -0.39 is 0 Å². The molecule has 0 saturated carbocycles. The zero-order chi connectivity index (χ0) is 12.4. The third kappa shape index (κ3) is 2.30. The Morgan fingerprint density at radius 3 is 2.89 bits per heavy atom. The Morgan fingerprint density at radius 2 is 2.00 bits per heavy atom. The van der Waals surface area contributed by atoms with Crippen LogP contribution in [0.3, 0.4) is 0 Å². The van der Waals surface area contributed by atoms with Crippen LogP contribution in [0.2, 0.25) is 0 Å². The molecule has 3 rings (SSSR count). The van der Waals surface area contributed by atoms with E-state index in [9.17, 15) is 0 Å². The molecule has 0 spiro atoms. The monoisotopic (exact) mass is 303 g/mol. The fraction of sp³-hybridized carbons (Fsp3) is 0.143. The van der Waals surface area contributed by atoms with Crippen molar-refractivity contribution in [2.75, 3.05) is 5.32 Å². The zero-order valence-electron chi connectivity index (χ0n) is 10.1. The molecule has 1 aromatic heterocycles. The van der Waals surface area contributed by atoms with Crippen LogP contribution in [0.4, 0.5) is 5.69 Å². The van der Waals surface area contributed by atoms with Gasteiger partial charge in [-0.25, -0.2) is 0 Å². The van der Waals surface area contributed by atoms with E-state index in [-0.39, 0.29) is 15.0 Å². The topological polar surface area (TPSA) is 37.8 Å². The van der Waals surface area contributed by atoms with E-state index in [0.29, 0.717) is 0 Å². The summed E-state index contributed by atoms with van der Waals surface area (Å²) < 4.78 is 8.85. The van der Waals surface area contributed by atoms with Gasteiger partial charge in [0, 0.05) is 0 Å². The third-order valence-corrected chi connectivity index (χ3v) is 3.99. The zero-order valence-corrected chi connectivity index (χ0v) is 11.8. The first-order valence-corrected chi connectivity index (χ1v) is 7.37. The molecule has 0 unspecified atom stereocenters. The van der Waals surface area contributed by atoms with Gasteiger partial charge in [0.1, 0.15) is 0 Å². The summed E-state index contributed by atoms with van der Waals surface area (Å²) in [6.07, 6.45) is 0. The Kier molecular flexibility index (Phi) is 3.13. The van der Waals surface area contributed by atoms with Crippen LogP contribution in [0.5, 0.6) is 0 Å². The normalized spacial score (nSPS) is 10.7. The molecule has 0 saturated heterocycles. The molecule has 2 aromatic carbocycles. The number of aryl methyl sites for hydroxylation is 1. The second-order valence-corrected chi connectivity index (χ2v) is 5.39. The number of nitrogens with one attached hydrogen (secondary N) is 1. The molecule has 0 atom stereocenters. The third-order valence-electron chi connectivity index (χ3n) is 2.85. The average Bonchev–Trinajstić information content (AvgIpc) is 2.85. The van der Waals surface area contributed by atoms with Crippen LogP contribution >= 0.6 is 0 Å². The van der Waals surface area contributed by atoms with Gasteiger partial charge in [-0.2, -0.15) is 0 Å². The minimum absolute atomic E-state index is 0.0312. The molecule has 1 heterocycles. The van der Waals surface area contributed by atoms with Crippen LogP contribution in [0.25, 0.3) is 11.0 Å². The SMILES string of the molecule is Cc1cccc(CNc2cccc3n[se]nc23)c1. The van der Waals surface area contributed by atoms with E-state index in [0.717, 1.165) is 23.3 Å². The van der Waals surface area contributed by atoms with Crippen LogP contribution in [0.15, 0.2) is 42.5 Å². The van der Waals surface area contributed by atoms with Crippen molar-refractivity contribution in [3.63, 3.8) is 0 Å². The Bertz CT molecular complexity index is 675. The molecule has 0 aliphatic heterocycles. The number of rotatable bonds is 3. The van der Waals surface area contributed by atoms with Crippen molar-refractivity contribution in [3.05, 3.63) is 53.6 Å². The van der Waals surface area contributed by atoms with Crippen LogP contribution in [0.1, 0.15) is 11.1 Å². The molecule has 0 aliphatic rings.